The number of anilines is 1. The lowest BCUT2D eigenvalue weighted by atomic mass is 10.3. The van der Waals surface area contributed by atoms with Crippen LogP contribution >= 0.6 is 0 Å². The van der Waals surface area contributed by atoms with Crippen molar-refractivity contribution in [1.29, 1.82) is 0 Å². The molecule has 4 heteroatoms. The summed E-state index contributed by atoms with van der Waals surface area (Å²) in [6, 6.07) is 3.72. The normalized spacial score (nSPS) is 10.0. The Hall–Kier alpha value is -1.29. The van der Waals surface area contributed by atoms with E-state index in [-0.39, 0.29) is 5.91 Å². The monoisotopic (exact) mass is 181 g/mol. The molecular weight excluding hydrogens is 166 g/mol. The van der Waals surface area contributed by atoms with E-state index in [1.807, 2.05) is 12.1 Å². The summed E-state index contributed by atoms with van der Waals surface area (Å²) in [7, 11) is 1.75. The van der Waals surface area contributed by atoms with Crippen molar-refractivity contribution in [2.45, 2.75) is 12.8 Å². The van der Waals surface area contributed by atoms with Crippen LogP contribution in [-0.2, 0) is 4.79 Å². The lowest BCUT2D eigenvalue weighted by molar-refractivity contribution is -0.118. The third-order valence-electron chi connectivity index (χ3n) is 1.91. The van der Waals surface area contributed by atoms with Crippen LogP contribution in [0.4, 0.5) is 5.82 Å². The highest BCUT2D eigenvalue weighted by Crippen LogP contribution is 2.09. The highest BCUT2D eigenvalue weighted by molar-refractivity contribution is 5.91. The second-order valence-electron chi connectivity index (χ2n) is 2.90. The molecule has 0 saturated heterocycles. The largest absolute Gasteiger partial charge is 0.348 e. The van der Waals surface area contributed by atoms with E-state index < -0.39 is 0 Å². The van der Waals surface area contributed by atoms with Gasteiger partial charge in [0.25, 0.3) is 0 Å². The average Bonchev–Trinajstić information content (AvgIpc) is 2.65. The number of H-pyrrole nitrogens is 1. The summed E-state index contributed by atoms with van der Waals surface area (Å²) in [5.74, 6) is 0.912. The molecule has 0 fully saturated rings. The minimum atomic E-state index is 0.0906. The van der Waals surface area contributed by atoms with Crippen molar-refractivity contribution < 1.29 is 4.79 Å². The molecule has 1 aromatic rings. The number of hydrogen-bond donors (Lipinski definition) is 2. The second-order valence-corrected chi connectivity index (χ2v) is 2.90. The molecule has 0 aliphatic heterocycles. The van der Waals surface area contributed by atoms with Gasteiger partial charge in [0.2, 0.25) is 5.91 Å². The summed E-state index contributed by atoms with van der Waals surface area (Å²) < 4.78 is 0. The van der Waals surface area contributed by atoms with E-state index in [1.165, 1.54) is 0 Å². The molecule has 72 valence electrons. The highest BCUT2D eigenvalue weighted by Gasteiger charge is 2.09. The Morgan fingerprint density at radius 2 is 2.46 bits per heavy atom. The molecule has 0 bridgehead atoms. The van der Waals surface area contributed by atoms with Gasteiger partial charge in [-0.2, -0.15) is 0 Å². The van der Waals surface area contributed by atoms with E-state index in [2.05, 4.69) is 4.98 Å². The summed E-state index contributed by atoms with van der Waals surface area (Å²) >= 11 is 0. The number of rotatable bonds is 4. The van der Waals surface area contributed by atoms with Crippen LogP contribution in [0.5, 0.6) is 0 Å². The maximum Gasteiger partial charge on any atom is 0.227 e. The molecule has 1 aromatic heterocycles. The van der Waals surface area contributed by atoms with Gasteiger partial charge in [-0.1, -0.05) is 0 Å². The van der Waals surface area contributed by atoms with Crippen LogP contribution in [0.25, 0.3) is 0 Å². The predicted octanol–water partition coefficient (Wildman–Crippen LogP) is 0.716. The molecule has 0 aromatic carbocycles. The molecule has 4 nitrogen and oxygen atoms in total. The molecule has 0 spiro atoms. The fraction of sp³-hybridized carbons (Fsp3) is 0.444. The summed E-state index contributed by atoms with van der Waals surface area (Å²) in [6.45, 7) is 0.560. The van der Waals surface area contributed by atoms with Gasteiger partial charge >= 0.3 is 0 Å². The molecule has 3 N–H and O–H groups in total. The Balaban J connectivity index is 2.48. The minimum Gasteiger partial charge on any atom is -0.348 e. The minimum absolute atomic E-state index is 0.0906. The smallest absolute Gasteiger partial charge is 0.227 e. The van der Waals surface area contributed by atoms with Crippen molar-refractivity contribution in [3.8, 4) is 0 Å². The maximum atomic E-state index is 11.5. The van der Waals surface area contributed by atoms with Gasteiger partial charge in [0.15, 0.2) is 0 Å². The summed E-state index contributed by atoms with van der Waals surface area (Å²) in [5, 5.41) is 0. The third-order valence-corrected chi connectivity index (χ3v) is 1.91. The Morgan fingerprint density at radius 1 is 1.69 bits per heavy atom. The first-order valence-electron chi connectivity index (χ1n) is 4.35. The topological polar surface area (TPSA) is 62.1 Å². The van der Waals surface area contributed by atoms with Gasteiger partial charge in [0, 0.05) is 19.7 Å². The number of nitrogens with two attached hydrogens (primary N) is 1. The molecule has 1 amide bonds. The zero-order valence-electron chi connectivity index (χ0n) is 7.79. The fourth-order valence-corrected chi connectivity index (χ4v) is 1.08. The number of amides is 1. The molecule has 0 aliphatic carbocycles. The zero-order chi connectivity index (χ0) is 9.68. The number of carbonyl (C=O) groups is 1. The van der Waals surface area contributed by atoms with Crippen molar-refractivity contribution in [2.75, 3.05) is 18.5 Å². The van der Waals surface area contributed by atoms with Gasteiger partial charge in [-0.3, -0.25) is 4.79 Å². The van der Waals surface area contributed by atoms with Crippen molar-refractivity contribution in [3.63, 3.8) is 0 Å². The number of nitrogens with zero attached hydrogens (tertiary/aromatic N) is 1. The van der Waals surface area contributed by atoms with Crippen LogP contribution in [0.2, 0.25) is 0 Å². The molecule has 1 heterocycles. The summed E-state index contributed by atoms with van der Waals surface area (Å²) in [4.78, 5) is 16.0. The predicted molar refractivity (Wildman–Crippen MR) is 52.5 cm³/mol. The van der Waals surface area contributed by atoms with Crippen LogP contribution in [0.15, 0.2) is 18.3 Å². The first-order valence-corrected chi connectivity index (χ1v) is 4.35. The summed E-state index contributed by atoms with van der Waals surface area (Å²) in [6.07, 6.45) is 3.04. The molecule has 1 rings (SSSR count). The molecule has 0 aliphatic rings. The SMILES string of the molecule is CN(C(=O)CCCN)c1ccc[nH]1. The van der Waals surface area contributed by atoms with Crippen LogP contribution in [0.1, 0.15) is 12.8 Å². The maximum absolute atomic E-state index is 11.5. The first kappa shape index (κ1) is 9.80. The van der Waals surface area contributed by atoms with Crippen LogP contribution in [-0.4, -0.2) is 24.5 Å². The molecular formula is C9H15N3O. The molecule has 0 atom stereocenters. The van der Waals surface area contributed by atoms with Crippen LogP contribution < -0.4 is 10.6 Å². The quantitative estimate of drug-likeness (QED) is 0.718. The van der Waals surface area contributed by atoms with Gasteiger partial charge in [0.05, 0.1) is 0 Å². The van der Waals surface area contributed by atoms with Crippen molar-refractivity contribution in [3.05, 3.63) is 18.3 Å². The third kappa shape index (κ3) is 2.59. The van der Waals surface area contributed by atoms with Gasteiger partial charge in [-0.05, 0) is 25.1 Å². The Bertz CT molecular complexity index is 256. The van der Waals surface area contributed by atoms with E-state index in [4.69, 9.17) is 5.73 Å². The highest BCUT2D eigenvalue weighted by atomic mass is 16.2. The van der Waals surface area contributed by atoms with Crippen LogP contribution in [0, 0.1) is 0 Å². The summed E-state index contributed by atoms with van der Waals surface area (Å²) in [5.41, 5.74) is 5.32. The standard InChI is InChI=1S/C9H15N3O/c1-12(8-4-3-7-11-8)9(13)5-2-6-10/h3-4,7,11H,2,5-6,10H2,1H3. The number of carbonyl (C=O) groups excluding carboxylic acids is 1. The van der Waals surface area contributed by atoms with Gasteiger partial charge < -0.3 is 15.6 Å². The fourth-order valence-electron chi connectivity index (χ4n) is 1.08. The van der Waals surface area contributed by atoms with Gasteiger partial charge in [0.1, 0.15) is 5.82 Å². The van der Waals surface area contributed by atoms with Crippen molar-refractivity contribution in [1.82, 2.24) is 4.98 Å². The lowest BCUT2D eigenvalue weighted by Gasteiger charge is -2.14. The van der Waals surface area contributed by atoms with E-state index in [9.17, 15) is 4.79 Å². The van der Waals surface area contributed by atoms with Gasteiger partial charge in [-0.25, -0.2) is 0 Å². The molecule has 0 saturated carbocycles. The lowest BCUT2D eigenvalue weighted by Crippen LogP contribution is -2.26. The Labute approximate surface area is 77.7 Å². The van der Waals surface area contributed by atoms with Crippen molar-refractivity contribution in [2.24, 2.45) is 5.73 Å². The number of aromatic nitrogens is 1. The Morgan fingerprint density at radius 3 is 3.00 bits per heavy atom. The van der Waals surface area contributed by atoms with E-state index in [1.54, 1.807) is 18.1 Å². The van der Waals surface area contributed by atoms with E-state index >= 15 is 0 Å². The van der Waals surface area contributed by atoms with E-state index in [0.29, 0.717) is 13.0 Å². The molecule has 13 heavy (non-hydrogen) atoms. The zero-order valence-corrected chi connectivity index (χ0v) is 7.79. The number of hydrogen-bond acceptors (Lipinski definition) is 2. The van der Waals surface area contributed by atoms with Crippen LogP contribution in [0.3, 0.4) is 0 Å². The second kappa shape index (κ2) is 4.67. The number of nitrogens with one attached hydrogen (secondary N) is 1. The first-order chi connectivity index (χ1) is 6.25. The van der Waals surface area contributed by atoms with E-state index in [0.717, 1.165) is 12.2 Å². The number of aromatic amines is 1. The average molecular weight is 181 g/mol. The Kier molecular flexibility index (Phi) is 3.52. The molecule has 0 radical (unpaired) electrons. The van der Waals surface area contributed by atoms with Crippen molar-refractivity contribution >= 4 is 11.7 Å². The molecule has 0 unspecified atom stereocenters. The van der Waals surface area contributed by atoms with Gasteiger partial charge in [-0.15, -0.1) is 0 Å².